The first-order valence-corrected chi connectivity index (χ1v) is 7.26. The van der Waals surface area contributed by atoms with Crippen molar-refractivity contribution in [2.24, 2.45) is 0 Å². The van der Waals surface area contributed by atoms with Crippen molar-refractivity contribution in [2.45, 2.75) is 41.8 Å². The molecule has 0 aromatic rings. The predicted molar refractivity (Wildman–Crippen MR) is 61.5 cm³/mol. The lowest BCUT2D eigenvalue weighted by Gasteiger charge is -2.42. The molecule has 3 fully saturated rings. The van der Waals surface area contributed by atoms with Crippen molar-refractivity contribution in [2.75, 3.05) is 18.6 Å². The fraction of sp³-hybridized carbons (Fsp3) is 1.00. The Labute approximate surface area is 89.0 Å². The highest BCUT2D eigenvalue weighted by molar-refractivity contribution is 8.21. The van der Waals surface area contributed by atoms with E-state index in [4.69, 9.17) is 0 Å². The third-order valence-corrected chi connectivity index (χ3v) is 7.39. The molecule has 1 spiro atoms. The maximum Gasteiger partial charge on any atom is 0.0641 e. The second-order valence-corrected chi connectivity index (χ2v) is 7.78. The zero-order chi connectivity index (χ0) is 8.89. The van der Waals surface area contributed by atoms with Gasteiger partial charge in [-0.05, 0) is 32.7 Å². The lowest BCUT2D eigenvalue weighted by Crippen LogP contribution is -2.45. The molecule has 0 unspecified atom stereocenters. The number of fused-ring (bicyclic) bond motifs is 2. The van der Waals surface area contributed by atoms with Crippen molar-refractivity contribution < 1.29 is 0 Å². The molecule has 3 aliphatic rings. The molecule has 0 saturated carbocycles. The van der Waals surface area contributed by atoms with Gasteiger partial charge in [0.25, 0.3) is 0 Å². The maximum atomic E-state index is 2.64. The zero-order valence-electron chi connectivity index (χ0n) is 8.16. The molecule has 3 heterocycles. The minimum Gasteiger partial charge on any atom is -0.300 e. The van der Waals surface area contributed by atoms with Gasteiger partial charge in [0.2, 0.25) is 0 Å². The van der Waals surface area contributed by atoms with E-state index in [2.05, 4.69) is 35.5 Å². The molecule has 13 heavy (non-hydrogen) atoms. The Hall–Kier alpha value is 0.660. The molecule has 0 radical (unpaired) electrons. The molecule has 3 aliphatic heterocycles. The molecule has 0 aliphatic carbocycles. The van der Waals surface area contributed by atoms with E-state index in [9.17, 15) is 0 Å². The standard InChI is InChI=1S/C10H17NS2/c1-11-8-2-3-9(11)7-10(6-8)12-4-5-13-10/h8-9H,2-7H2,1H3/t8-,9-/m1/s1. The Morgan fingerprint density at radius 2 is 1.62 bits per heavy atom. The lowest BCUT2D eigenvalue weighted by molar-refractivity contribution is 0.176. The van der Waals surface area contributed by atoms with Crippen LogP contribution in [-0.2, 0) is 0 Å². The first-order chi connectivity index (χ1) is 6.29. The van der Waals surface area contributed by atoms with Gasteiger partial charge in [-0.15, -0.1) is 23.5 Å². The summed E-state index contributed by atoms with van der Waals surface area (Å²) in [7, 11) is 2.33. The van der Waals surface area contributed by atoms with Crippen LogP contribution in [0, 0.1) is 0 Å². The summed E-state index contributed by atoms with van der Waals surface area (Å²) in [5, 5.41) is 0. The van der Waals surface area contributed by atoms with Gasteiger partial charge in [-0.3, -0.25) is 0 Å². The highest BCUT2D eigenvalue weighted by Crippen LogP contribution is 2.56. The van der Waals surface area contributed by atoms with E-state index in [1.54, 1.807) is 0 Å². The van der Waals surface area contributed by atoms with Crippen molar-refractivity contribution in [1.82, 2.24) is 4.90 Å². The van der Waals surface area contributed by atoms with Crippen LogP contribution in [0.15, 0.2) is 0 Å². The molecular formula is C10H17NS2. The van der Waals surface area contributed by atoms with Crippen molar-refractivity contribution in [3.63, 3.8) is 0 Å². The molecule has 3 heteroatoms. The van der Waals surface area contributed by atoms with Crippen LogP contribution in [0.25, 0.3) is 0 Å². The predicted octanol–water partition coefficient (Wildman–Crippen LogP) is 2.42. The van der Waals surface area contributed by atoms with E-state index in [1.807, 2.05) is 0 Å². The van der Waals surface area contributed by atoms with Crippen molar-refractivity contribution in [3.8, 4) is 0 Å². The average Bonchev–Trinajstić information content (AvgIpc) is 2.60. The fourth-order valence-corrected chi connectivity index (χ4v) is 6.60. The molecule has 0 aromatic carbocycles. The van der Waals surface area contributed by atoms with E-state index < -0.39 is 0 Å². The van der Waals surface area contributed by atoms with E-state index in [0.717, 1.165) is 12.1 Å². The van der Waals surface area contributed by atoms with Crippen molar-refractivity contribution in [3.05, 3.63) is 0 Å². The van der Waals surface area contributed by atoms with E-state index >= 15 is 0 Å². The van der Waals surface area contributed by atoms with Gasteiger partial charge in [-0.2, -0.15) is 0 Å². The van der Waals surface area contributed by atoms with Crippen LogP contribution in [0.5, 0.6) is 0 Å². The third kappa shape index (κ3) is 1.35. The smallest absolute Gasteiger partial charge is 0.0641 e. The SMILES string of the molecule is CN1[C@@H]2CC[C@@H]1CC1(C2)SCCS1. The molecular weight excluding hydrogens is 198 g/mol. The van der Waals surface area contributed by atoms with Crippen LogP contribution in [0.4, 0.5) is 0 Å². The molecule has 0 aromatic heterocycles. The number of nitrogens with zero attached hydrogens (tertiary/aromatic N) is 1. The molecule has 0 amide bonds. The molecule has 2 bridgehead atoms. The second kappa shape index (κ2) is 3.07. The summed E-state index contributed by atoms with van der Waals surface area (Å²) in [6, 6.07) is 1.83. The zero-order valence-corrected chi connectivity index (χ0v) is 9.79. The van der Waals surface area contributed by atoms with Crippen LogP contribution < -0.4 is 0 Å². The largest absolute Gasteiger partial charge is 0.300 e. The highest BCUT2D eigenvalue weighted by Gasteiger charge is 2.48. The molecule has 3 saturated heterocycles. The molecule has 1 nitrogen and oxygen atoms in total. The second-order valence-electron chi connectivity index (χ2n) is 4.57. The van der Waals surface area contributed by atoms with E-state index in [0.29, 0.717) is 4.08 Å². The number of hydrogen-bond donors (Lipinski definition) is 0. The van der Waals surface area contributed by atoms with Crippen molar-refractivity contribution >= 4 is 23.5 Å². The molecule has 74 valence electrons. The van der Waals surface area contributed by atoms with Crippen LogP contribution in [0.3, 0.4) is 0 Å². The average molecular weight is 215 g/mol. The quantitative estimate of drug-likeness (QED) is 0.611. The lowest BCUT2D eigenvalue weighted by atomic mass is 10.0. The number of rotatable bonds is 0. The summed E-state index contributed by atoms with van der Waals surface area (Å²) >= 11 is 4.50. The van der Waals surface area contributed by atoms with E-state index in [-0.39, 0.29) is 0 Å². The Balaban J connectivity index is 1.82. The first-order valence-electron chi connectivity index (χ1n) is 5.29. The Morgan fingerprint density at radius 1 is 1.08 bits per heavy atom. The van der Waals surface area contributed by atoms with Crippen LogP contribution in [0.1, 0.15) is 25.7 Å². The van der Waals surface area contributed by atoms with Crippen LogP contribution in [-0.4, -0.2) is 39.6 Å². The van der Waals surface area contributed by atoms with Crippen molar-refractivity contribution in [1.29, 1.82) is 0 Å². The third-order valence-electron chi connectivity index (χ3n) is 3.89. The Bertz CT molecular complexity index is 197. The van der Waals surface area contributed by atoms with Crippen LogP contribution >= 0.6 is 23.5 Å². The van der Waals surface area contributed by atoms with Gasteiger partial charge in [0.15, 0.2) is 0 Å². The minimum atomic E-state index is 0.651. The normalized spacial score (nSPS) is 43.2. The van der Waals surface area contributed by atoms with E-state index in [1.165, 1.54) is 37.2 Å². The van der Waals surface area contributed by atoms with Gasteiger partial charge in [-0.25, -0.2) is 0 Å². The highest BCUT2D eigenvalue weighted by atomic mass is 32.2. The van der Waals surface area contributed by atoms with Gasteiger partial charge in [0, 0.05) is 23.6 Å². The van der Waals surface area contributed by atoms with Gasteiger partial charge in [0.1, 0.15) is 0 Å². The number of piperidine rings is 1. The van der Waals surface area contributed by atoms with Crippen LogP contribution in [0.2, 0.25) is 0 Å². The monoisotopic (exact) mass is 215 g/mol. The van der Waals surface area contributed by atoms with Gasteiger partial charge < -0.3 is 4.90 Å². The summed E-state index contributed by atoms with van der Waals surface area (Å²) < 4.78 is 0.651. The Morgan fingerprint density at radius 3 is 2.15 bits per heavy atom. The summed E-state index contributed by atoms with van der Waals surface area (Å²) in [6.45, 7) is 0. The minimum absolute atomic E-state index is 0.651. The summed E-state index contributed by atoms with van der Waals surface area (Å²) in [5.41, 5.74) is 0. The summed E-state index contributed by atoms with van der Waals surface area (Å²) in [6.07, 6.45) is 5.83. The Kier molecular flexibility index (Phi) is 2.11. The number of thioether (sulfide) groups is 2. The fourth-order valence-electron chi connectivity index (χ4n) is 3.12. The molecule has 3 rings (SSSR count). The van der Waals surface area contributed by atoms with Gasteiger partial charge >= 0.3 is 0 Å². The van der Waals surface area contributed by atoms with Gasteiger partial charge in [-0.1, -0.05) is 0 Å². The topological polar surface area (TPSA) is 3.24 Å². The molecule has 0 N–H and O–H groups in total. The number of hydrogen-bond acceptors (Lipinski definition) is 3. The first kappa shape index (κ1) is 8.93. The van der Waals surface area contributed by atoms with Gasteiger partial charge in [0.05, 0.1) is 4.08 Å². The maximum absolute atomic E-state index is 2.64. The summed E-state index contributed by atoms with van der Waals surface area (Å²) in [5.74, 6) is 2.79. The summed E-state index contributed by atoms with van der Waals surface area (Å²) in [4.78, 5) is 2.64. The molecule has 2 atom stereocenters.